The second-order valence-corrected chi connectivity index (χ2v) is 6.52. The van der Waals surface area contributed by atoms with Crippen LogP contribution in [0.15, 0.2) is 42.7 Å². The Morgan fingerprint density at radius 3 is 2.91 bits per heavy atom. The molecule has 1 aromatic heterocycles. The van der Waals surface area contributed by atoms with Gasteiger partial charge in [0.2, 0.25) is 0 Å². The molecule has 1 aromatic carbocycles. The van der Waals surface area contributed by atoms with Crippen LogP contribution in [0.2, 0.25) is 0 Å². The van der Waals surface area contributed by atoms with E-state index in [0.717, 1.165) is 13.0 Å². The van der Waals surface area contributed by atoms with Crippen LogP contribution < -0.4 is 4.90 Å². The van der Waals surface area contributed by atoms with Crippen LogP contribution in [0, 0.1) is 0 Å². The Hall–Kier alpha value is -1.85. The van der Waals surface area contributed by atoms with Crippen LogP contribution in [0.3, 0.4) is 0 Å². The van der Waals surface area contributed by atoms with Crippen LogP contribution in [-0.4, -0.2) is 53.1 Å². The van der Waals surface area contributed by atoms with Crippen molar-refractivity contribution < 1.29 is 5.11 Å². The summed E-state index contributed by atoms with van der Waals surface area (Å²) < 4.78 is 1.79. The molecule has 0 spiro atoms. The van der Waals surface area contributed by atoms with Crippen molar-refractivity contribution in [3.05, 3.63) is 48.3 Å². The molecule has 0 radical (unpaired) electrons. The number of likely N-dealkylation sites (tertiary alicyclic amines) is 1. The third-order valence-electron chi connectivity index (χ3n) is 4.54. The average molecular weight is 314 g/mol. The molecule has 23 heavy (non-hydrogen) atoms. The lowest BCUT2D eigenvalue weighted by Crippen LogP contribution is -2.34. The maximum Gasteiger partial charge on any atom is 0.0862 e. The molecule has 2 atom stereocenters. The second-order valence-electron chi connectivity index (χ2n) is 6.52. The molecule has 0 saturated carbocycles. The minimum Gasteiger partial charge on any atom is -0.390 e. The second kappa shape index (κ2) is 7.15. The number of aromatic nitrogens is 2. The Labute approximate surface area is 138 Å². The maximum atomic E-state index is 10.4. The average Bonchev–Trinajstić information content (AvgIpc) is 3.19. The van der Waals surface area contributed by atoms with E-state index in [-0.39, 0.29) is 0 Å². The van der Waals surface area contributed by atoms with Crippen molar-refractivity contribution in [3.8, 4) is 0 Å². The van der Waals surface area contributed by atoms with Gasteiger partial charge < -0.3 is 10.0 Å². The molecule has 124 valence electrons. The summed E-state index contributed by atoms with van der Waals surface area (Å²) in [5.41, 5.74) is 2.58. The van der Waals surface area contributed by atoms with Gasteiger partial charge in [0.1, 0.15) is 0 Å². The number of aliphatic hydroxyl groups is 1. The molecule has 5 nitrogen and oxygen atoms in total. The Kier molecular flexibility index (Phi) is 4.98. The molecule has 0 unspecified atom stereocenters. The smallest absolute Gasteiger partial charge is 0.0862 e. The lowest BCUT2D eigenvalue weighted by molar-refractivity contribution is 0.0891. The van der Waals surface area contributed by atoms with Crippen LogP contribution >= 0.6 is 0 Å². The van der Waals surface area contributed by atoms with Gasteiger partial charge >= 0.3 is 0 Å². The molecule has 0 aliphatic carbocycles. The highest BCUT2D eigenvalue weighted by Gasteiger charge is 2.27. The first kappa shape index (κ1) is 16.0. The molecule has 2 aromatic rings. The molecular formula is C18H26N4O. The van der Waals surface area contributed by atoms with E-state index in [1.54, 1.807) is 10.9 Å². The Bertz CT molecular complexity index is 611. The number of hydrogen-bond donors (Lipinski definition) is 1. The maximum absolute atomic E-state index is 10.4. The number of β-amino-alcohol motifs (C(OH)–C–C–N with tert-alkyl or cyclic N) is 1. The molecule has 1 aliphatic heterocycles. The molecule has 1 fully saturated rings. The number of anilines is 1. The van der Waals surface area contributed by atoms with Crippen molar-refractivity contribution >= 4 is 5.69 Å². The number of hydrogen-bond acceptors (Lipinski definition) is 4. The van der Waals surface area contributed by atoms with Crippen molar-refractivity contribution in [1.82, 2.24) is 14.7 Å². The molecule has 0 bridgehead atoms. The van der Waals surface area contributed by atoms with Crippen LogP contribution in [0.1, 0.15) is 24.4 Å². The van der Waals surface area contributed by atoms with Crippen molar-refractivity contribution in [2.24, 2.45) is 0 Å². The van der Waals surface area contributed by atoms with Crippen molar-refractivity contribution in [2.45, 2.75) is 31.5 Å². The molecule has 3 rings (SSSR count). The van der Waals surface area contributed by atoms with Crippen molar-refractivity contribution in [2.75, 3.05) is 32.1 Å². The summed E-state index contributed by atoms with van der Waals surface area (Å²) in [5, 5.41) is 14.5. The van der Waals surface area contributed by atoms with E-state index in [2.05, 4.69) is 53.3 Å². The van der Waals surface area contributed by atoms with Gasteiger partial charge in [0, 0.05) is 44.8 Å². The summed E-state index contributed by atoms with van der Waals surface area (Å²) in [7, 11) is 4.14. The molecule has 0 amide bonds. The van der Waals surface area contributed by atoms with Gasteiger partial charge in [-0.25, -0.2) is 0 Å². The summed E-state index contributed by atoms with van der Waals surface area (Å²) in [5.74, 6) is 0. The van der Waals surface area contributed by atoms with Crippen molar-refractivity contribution in [3.63, 3.8) is 0 Å². The van der Waals surface area contributed by atoms with E-state index < -0.39 is 6.10 Å². The summed E-state index contributed by atoms with van der Waals surface area (Å²) in [6, 6.07) is 11.0. The standard InChI is InChI=1S/C18H26N4O/c1-20(2)16-7-3-6-15(12-16)18-8-4-10-21(18)13-17(23)14-22-11-5-9-19-22/h3,5-7,9,11-12,17-18,23H,4,8,10,13-14H2,1-2H3/t17-,18-/m0/s1. The molecule has 2 heterocycles. The van der Waals surface area contributed by atoms with Gasteiger partial charge in [-0.15, -0.1) is 0 Å². The van der Waals surface area contributed by atoms with E-state index in [1.807, 2.05) is 12.3 Å². The third-order valence-corrected chi connectivity index (χ3v) is 4.54. The quantitative estimate of drug-likeness (QED) is 0.887. The highest BCUT2D eigenvalue weighted by molar-refractivity contribution is 5.48. The zero-order valence-electron chi connectivity index (χ0n) is 14.0. The van der Waals surface area contributed by atoms with Gasteiger partial charge in [-0.05, 0) is 43.1 Å². The van der Waals surface area contributed by atoms with Gasteiger partial charge in [0.05, 0.1) is 12.6 Å². The van der Waals surface area contributed by atoms with Crippen molar-refractivity contribution in [1.29, 1.82) is 0 Å². The summed E-state index contributed by atoms with van der Waals surface area (Å²) in [6.45, 7) is 2.29. The van der Waals surface area contributed by atoms with E-state index >= 15 is 0 Å². The molecular weight excluding hydrogens is 288 g/mol. The largest absolute Gasteiger partial charge is 0.390 e. The normalized spacial score (nSPS) is 19.9. The summed E-state index contributed by atoms with van der Waals surface area (Å²) in [4.78, 5) is 4.54. The highest BCUT2D eigenvalue weighted by atomic mass is 16.3. The number of benzene rings is 1. The lowest BCUT2D eigenvalue weighted by atomic mass is 10.0. The zero-order chi connectivity index (χ0) is 16.2. The fourth-order valence-corrected chi connectivity index (χ4v) is 3.39. The van der Waals surface area contributed by atoms with Crippen LogP contribution in [0.5, 0.6) is 0 Å². The van der Waals surface area contributed by atoms with E-state index in [0.29, 0.717) is 19.1 Å². The third kappa shape index (κ3) is 3.92. The lowest BCUT2D eigenvalue weighted by Gasteiger charge is -2.28. The molecule has 1 N–H and O–H groups in total. The Morgan fingerprint density at radius 2 is 2.17 bits per heavy atom. The zero-order valence-corrected chi connectivity index (χ0v) is 14.0. The van der Waals surface area contributed by atoms with Gasteiger partial charge in [0.25, 0.3) is 0 Å². The first-order valence-electron chi connectivity index (χ1n) is 8.30. The first-order valence-corrected chi connectivity index (χ1v) is 8.30. The van der Waals surface area contributed by atoms with E-state index in [4.69, 9.17) is 0 Å². The highest BCUT2D eigenvalue weighted by Crippen LogP contribution is 2.33. The van der Waals surface area contributed by atoms with E-state index in [1.165, 1.54) is 17.7 Å². The molecule has 5 heteroatoms. The van der Waals surface area contributed by atoms with Crippen LogP contribution in [-0.2, 0) is 6.54 Å². The number of rotatable bonds is 6. The van der Waals surface area contributed by atoms with Crippen LogP contribution in [0.4, 0.5) is 5.69 Å². The van der Waals surface area contributed by atoms with Crippen LogP contribution in [0.25, 0.3) is 0 Å². The van der Waals surface area contributed by atoms with Gasteiger partial charge in [-0.3, -0.25) is 9.58 Å². The van der Waals surface area contributed by atoms with Gasteiger partial charge in [0.15, 0.2) is 0 Å². The SMILES string of the molecule is CN(C)c1cccc([C@@H]2CCCN2C[C@H](O)Cn2cccn2)c1. The number of nitrogens with zero attached hydrogens (tertiary/aromatic N) is 4. The fraction of sp³-hybridized carbons (Fsp3) is 0.500. The molecule has 1 saturated heterocycles. The topological polar surface area (TPSA) is 44.5 Å². The summed E-state index contributed by atoms with van der Waals surface area (Å²) >= 11 is 0. The Morgan fingerprint density at radius 1 is 1.30 bits per heavy atom. The monoisotopic (exact) mass is 314 g/mol. The predicted molar refractivity (Wildman–Crippen MR) is 92.6 cm³/mol. The predicted octanol–water partition coefficient (Wildman–Crippen LogP) is 2.15. The minimum absolute atomic E-state index is 0.396. The van der Waals surface area contributed by atoms with Gasteiger partial charge in [-0.2, -0.15) is 5.10 Å². The Balaban J connectivity index is 1.66. The fourth-order valence-electron chi connectivity index (χ4n) is 3.39. The number of aliphatic hydroxyl groups excluding tert-OH is 1. The summed E-state index contributed by atoms with van der Waals surface area (Å²) in [6.07, 6.45) is 5.59. The van der Waals surface area contributed by atoms with E-state index in [9.17, 15) is 5.11 Å². The first-order chi connectivity index (χ1) is 11.1. The minimum atomic E-state index is -0.396. The van der Waals surface area contributed by atoms with Gasteiger partial charge in [-0.1, -0.05) is 12.1 Å². The molecule has 1 aliphatic rings.